The average molecular weight is 347 g/mol. The summed E-state index contributed by atoms with van der Waals surface area (Å²) < 4.78 is 5.87. The Morgan fingerprint density at radius 2 is 2.20 bits per heavy atom. The first-order chi connectivity index (χ1) is 12.1. The molecule has 1 aliphatic heterocycles. The minimum absolute atomic E-state index is 0.00491. The molecule has 25 heavy (non-hydrogen) atoms. The van der Waals surface area contributed by atoms with E-state index in [1.807, 2.05) is 38.1 Å². The van der Waals surface area contributed by atoms with Gasteiger partial charge >= 0.3 is 0 Å². The zero-order chi connectivity index (χ0) is 18.1. The Kier molecular flexibility index (Phi) is 8.26. The van der Waals surface area contributed by atoms with Crippen LogP contribution in [0.2, 0.25) is 0 Å². The summed E-state index contributed by atoms with van der Waals surface area (Å²) in [6, 6.07) is 8.59. The van der Waals surface area contributed by atoms with Crippen molar-refractivity contribution in [2.24, 2.45) is 0 Å². The number of benzene rings is 1. The lowest BCUT2D eigenvalue weighted by molar-refractivity contribution is -0.128. The lowest BCUT2D eigenvalue weighted by atomic mass is 10.00. The number of rotatable bonds is 9. The summed E-state index contributed by atoms with van der Waals surface area (Å²) in [6.07, 6.45) is 6.48. The highest BCUT2D eigenvalue weighted by molar-refractivity contribution is 5.81. The van der Waals surface area contributed by atoms with Gasteiger partial charge in [0.15, 0.2) is 6.10 Å². The van der Waals surface area contributed by atoms with Crippen LogP contribution in [-0.4, -0.2) is 42.6 Å². The molecule has 1 heterocycles. The average Bonchev–Trinajstić information content (AvgIpc) is 2.63. The van der Waals surface area contributed by atoms with E-state index < -0.39 is 6.10 Å². The molecule has 4 nitrogen and oxygen atoms in total. The molecule has 1 aromatic carbocycles. The first kappa shape index (κ1) is 19.8. The molecule has 0 aromatic heterocycles. The SMILES string of the molecule is CCC(Oc1cccc(C)c1)C(=O)NCCCN1CCCCC1CC. The van der Waals surface area contributed by atoms with Gasteiger partial charge in [0, 0.05) is 19.1 Å². The topological polar surface area (TPSA) is 41.6 Å². The van der Waals surface area contributed by atoms with E-state index in [1.165, 1.54) is 32.2 Å². The number of hydrogen-bond donors (Lipinski definition) is 1. The maximum atomic E-state index is 12.4. The van der Waals surface area contributed by atoms with Crippen LogP contribution < -0.4 is 10.1 Å². The standard InChI is InChI=1S/C21H34N2O2/c1-4-18-11-6-7-14-23(18)15-9-13-22-21(24)20(5-2)25-19-12-8-10-17(3)16-19/h8,10,12,16,18,20H,4-7,9,11,13-15H2,1-3H3,(H,22,24). The van der Waals surface area contributed by atoms with Gasteiger partial charge in [-0.1, -0.05) is 32.4 Å². The predicted molar refractivity (Wildman–Crippen MR) is 103 cm³/mol. The molecule has 140 valence electrons. The van der Waals surface area contributed by atoms with E-state index in [4.69, 9.17) is 4.74 Å². The number of amides is 1. The van der Waals surface area contributed by atoms with Crippen molar-refractivity contribution in [3.05, 3.63) is 29.8 Å². The number of nitrogens with one attached hydrogen (secondary N) is 1. The van der Waals surface area contributed by atoms with E-state index in [0.717, 1.165) is 36.9 Å². The fourth-order valence-electron chi connectivity index (χ4n) is 3.60. The highest BCUT2D eigenvalue weighted by Crippen LogP contribution is 2.19. The van der Waals surface area contributed by atoms with E-state index in [-0.39, 0.29) is 5.91 Å². The summed E-state index contributed by atoms with van der Waals surface area (Å²) in [7, 11) is 0. The maximum Gasteiger partial charge on any atom is 0.261 e. The van der Waals surface area contributed by atoms with Crippen molar-refractivity contribution in [3.63, 3.8) is 0 Å². The van der Waals surface area contributed by atoms with E-state index in [9.17, 15) is 4.79 Å². The quantitative estimate of drug-likeness (QED) is 0.689. The Balaban J connectivity index is 1.72. The largest absolute Gasteiger partial charge is 0.481 e. The van der Waals surface area contributed by atoms with E-state index in [0.29, 0.717) is 6.42 Å². The van der Waals surface area contributed by atoms with E-state index >= 15 is 0 Å². The van der Waals surface area contributed by atoms with Gasteiger partial charge in [-0.3, -0.25) is 4.79 Å². The number of ether oxygens (including phenoxy) is 1. The summed E-state index contributed by atoms with van der Waals surface area (Å²) >= 11 is 0. The second-order valence-corrected chi connectivity index (χ2v) is 7.07. The fourth-order valence-corrected chi connectivity index (χ4v) is 3.60. The van der Waals surface area contributed by atoms with Crippen molar-refractivity contribution < 1.29 is 9.53 Å². The van der Waals surface area contributed by atoms with Crippen LogP contribution in [0.15, 0.2) is 24.3 Å². The molecule has 1 aliphatic rings. The predicted octanol–water partition coefficient (Wildman–Crippen LogP) is 3.92. The number of nitrogens with zero attached hydrogens (tertiary/aromatic N) is 1. The third kappa shape index (κ3) is 6.35. The Bertz CT molecular complexity index is 532. The molecule has 2 unspecified atom stereocenters. The van der Waals surface area contributed by atoms with Crippen LogP contribution in [-0.2, 0) is 4.79 Å². The molecule has 1 amide bonds. The molecule has 4 heteroatoms. The highest BCUT2D eigenvalue weighted by Gasteiger charge is 2.21. The minimum Gasteiger partial charge on any atom is -0.481 e. The normalized spacial score (nSPS) is 19.4. The van der Waals surface area contributed by atoms with Gasteiger partial charge in [0.1, 0.15) is 5.75 Å². The minimum atomic E-state index is -0.417. The van der Waals surface area contributed by atoms with Gasteiger partial charge < -0.3 is 15.0 Å². The number of aryl methyl sites for hydroxylation is 1. The number of piperidine rings is 1. The number of carbonyl (C=O) groups excluding carboxylic acids is 1. The Labute approximate surface area is 152 Å². The Morgan fingerprint density at radius 1 is 1.36 bits per heavy atom. The number of carbonyl (C=O) groups is 1. The smallest absolute Gasteiger partial charge is 0.261 e. The molecule has 0 spiro atoms. The monoisotopic (exact) mass is 346 g/mol. The second kappa shape index (κ2) is 10.4. The number of likely N-dealkylation sites (tertiary alicyclic amines) is 1. The van der Waals surface area contributed by atoms with Crippen LogP contribution in [0.5, 0.6) is 5.75 Å². The zero-order valence-electron chi connectivity index (χ0n) is 16.1. The lowest BCUT2D eigenvalue weighted by Crippen LogP contribution is -2.42. The van der Waals surface area contributed by atoms with Crippen molar-refractivity contribution >= 4 is 5.91 Å². The first-order valence-corrected chi connectivity index (χ1v) is 9.89. The second-order valence-electron chi connectivity index (χ2n) is 7.07. The van der Waals surface area contributed by atoms with Gasteiger partial charge in [0.05, 0.1) is 0 Å². The molecule has 2 rings (SSSR count). The van der Waals surface area contributed by atoms with Crippen molar-refractivity contribution in [2.75, 3.05) is 19.6 Å². The zero-order valence-corrected chi connectivity index (χ0v) is 16.1. The van der Waals surface area contributed by atoms with Gasteiger partial charge in [-0.05, 0) is 63.3 Å². The van der Waals surface area contributed by atoms with Crippen molar-refractivity contribution in [1.82, 2.24) is 10.2 Å². The summed E-state index contributed by atoms with van der Waals surface area (Å²) in [6.45, 7) is 9.30. The molecule has 2 atom stereocenters. The van der Waals surface area contributed by atoms with Crippen LogP contribution >= 0.6 is 0 Å². The van der Waals surface area contributed by atoms with Crippen LogP contribution in [0.3, 0.4) is 0 Å². The van der Waals surface area contributed by atoms with Gasteiger partial charge in [-0.2, -0.15) is 0 Å². The summed E-state index contributed by atoms with van der Waals surface area (Å²) in [4.78, 5) is 15.0. The number of hydrogen-bond acceptors (Lipinski definition) is 3. The van der Waals surface area contributed by atoms with Crippen LogP contribution in [0.4, 0.5) is 0 Å². The molecule has 0 radical (unpaired) electrons. The van der Waals surface area contributed by atoms with Crippen LogP contribution in [0.25, 0.3) is 0 Å². The van der Waals surface area contributed by atoms with E-state index in [1.54, 1.807) is 0 Å². The summed E-state index contributed by atoms with van der Waals surface area (Å²) in [5, 5.41) is 3.05. The van der Waals surface area contributed by atoms with Gasteiger partial charge in [0.2, 0.25) is 0 Å². The molecule has 0 saturated carbocycles. The fraction of sp³-hybridized carbons (Fsp3) is 0.667. The molecular weight excluding hydrogens is 312 g/mol. The van der Waals surface area contributed by atoms with Crippen LogP contribution in [0, 0.1) is 6.92 Å². The summed E-state index contributed by atoms with van der Waals surface area (Å²) in [5.74, 6) is 0.760. The third-order valence-corrected chi connectivity index (χ3v) is 5.07. The van der Waals surface area contributed by atoms with Gasteiger partial charge in [0.25, 0.3) is 5.91 Å². The van der Waals surface area contributed by atoms with Crippen molar-refractivity contribution in [3.8, 4) is 5.75 Å². The lowest BCUT2D eigenvalue weighted by Gasteiger charge is -2.35. The Hall–Kier alpha value is -1.55. The van der Waals surface area contributed by atoms with Gasteiger partial charge in [-0.25, -0.2) is 0 Å². The molecule has 1 saturated heterocycles. The van der Waals surface area contributed by atoms with Gasteiger partial charge in [-0.15, -0.1) is 0 Å². The molecule has 1 fully saturated rings. The summed E-state index contributed by atoms with van der Waals surface area (Å²) in [5.41, 5.74) is 1.14. The van der Waals surface area contributed by atoms with E-state index in [2.05, 4.69) is 17.1 Å². The molecule has 1 N–H and O–H groups in total. The third-order valence-electron chi connectivity index (χ3n) is 5.07. The maximum absolute atomic E-state index is 12.4. The van der Waals surface area contributed by atoms with Crippen LogP contribution in [0.1, 0.15) is 57.9 Å². The first-order valence-electron chi connectivity index (χ1n) is 9.89. The van der Waals surface area contributed by atoms with Crippen molar-refractivity contribution in [2.45, 2.75) is 71.4 Å². The molecule has 0 aliphatic carbocycles. The van der Waals surface area contributed by atoms with Crippen molar-refractivity contribution in [1.29, 1.82) is 0 Å². The molecule has 1 aromatic rings. The Morgan fingerprint density at radius 3 is 2.92 bits per heavy atom. The highest BCUT2D eigenvalue weighted by atomic mass is 16.5. The molecular formula is C21H34N2O2. The molecule has 0 bridgehead atoms.